The van der Waals surface area contributed by atoms with Crippen LogP contribution in [0.15, 0.2) is 0 Å². The molecule has 5 heteroatoms. The van der Waals surface area contributed by atoms with E-state index < -0.39 is 12.1 Å². The molecule has 0 aliphatic carbocycles. The summed E-state index contributed by atoms with van der Waals surface area (Å²) in [6, 6.07) is 0.301. The summed E-state index contributed by atoms with van der Waals surface area (Å²) in [7, 11) is 3.43. The fourth-order valence-electron chi connectivity index (χ4n) is 1.59. The quantitative estimate of drug-likeness (QED) is 0.486. The molecule has 1 aliphatic rings. The van der Waals surface area contributed by atoms with Gasteiger partial charge in [0.15, 0.2) is 6.10 Å². The predicted octanol–water partition coefficient (Wildman–Crippen LogP) is -0.633. The number of hydrogen-bond acceptors (Lipinski definition) is 4. The lowest BCUT2D eigenvalue weighted by Crippen LogP contribution is -2.40. The third-order valence-electron chi connectivity index (χ3n) is 2.63. The van der Waals surface area contributed by atoms with E-state index in [9.17, 15) is 9.59 Å². The number of amides is 1. The summed E-state index contributed by atoms with van der Waals surface area (Å²) < 4.78 is 4.98. The molecule has 1 rings (SSSR count). The van der Waals surface area contributed by atoms with Crippen LogP contribution in [-0.4, -0.2) is 49.1 Å². The molecule has 1 saturated heterocycles. The maximum atomic E-state index is 11.4. The number of nitrogens with one attached hydrogen (secondary N) is 1. The molecule has 1 aliphatic heterocycles. The number of rotatable bonds is 3. The van der Waals surface area contributed by atoms with E-state index in [1.165, 1.54) is 14.0 Å². The summed E-state index contributed by atoms with van der Waals surface area (Å²) in [4.78, 5) is 24.2. The standard InChI is InChI=1S/C9H16N2O3/c1-5-7(11(5)4)8(9(13)10-3)14-6(2)12/h5,7-8H,1-4H3,(H,10,13)/t5-,7+,8+,11?/m1/s1. The number of likely N-dealkylation sites (N-methyl/N-ethyl adjacent to an activating group) is 2. The highest BCUT2D eigenvalue weighted by molar-refractivity contribution is 5.84. The van der Waals surface area contributed by atoms with Crippen molar-refractivity contribution in [2.75, 3.05) is 14.1 Å². The van der Waals surface area contributed by atoms with Crippen LogP contribution >= 0.6 is 0 Å². The van der Waals surface area contributed by atoms with Gasteiger partial charge < -0.3 is 10.1 Å². The van der Waals surface area contributed by atoms with Crippen LogP contribution in [0.3, 0.4) is 0 Å². The molecule has 0 saturated carbocycles. The summed E-state index contributed by atoms with van der Waals surface area (Å²) in [5, 5.41) is 2.49. The predicted molar refractivity (Wildman–Crippen MR) is 50.6 cm³/mol. The second kappa shape index (κ2) is 3.96. The van der Waals surface area contributed by atoms with Crippen LogP contribution in [-0.2, 0) is 14.3 Å². The summed E-state index contributed by atoms with van der Waals surface area (Å²) in [5.74, 6) is -0.674. The molecule has 0 aromatic heterocycles. The molecule has 0 spiro atoms. The van der Waals surface area contributed by atoms with Crippen molar-refractivity contribution in [3.05, 3.63) is 0 Å². The normalized spacial score (nSPS) is 31.9. The lowest BCUT2D eigenvalue weighted by molar-refractivity contribution is -0.154. The van der Waals surface area contributed by atoms with E-state index in [0.29, 0.717) is 0 Å². The van der Waals surface area contributed by atoms with Crippen LogP contribution in [0, 0.1) is 0 Å². The van der Waals surface area contributed by atoms with E-state index in [0.717, 1.165) is 0 Å². The van der Waals surface area contributed by atoms with E-state index >= 15 is 0 Å². The Morgan fingerprint density at radius 1 is 1.50 bits per heavy atom. The minimum absolute atomic E-state index is 0.0128. The number of esters is 1. The Morgan fingerprint density at radius 2 is 2.00 bits per heavy atom. The second-order valence-electron chi connectivity index (χ2n) is 3.54. The Morgan fingerprint density at radius 3 is 2.29 bits per heavy atom. The number of ether oxygens (including phenoxy) is 1. The van der Waals surface area contributed by atoms with E-state index in [1.807, 2.05) is 18.9 Å². The highest BCUT2D eigenvalue weighted by Gasteiger charge is 2.50. The van der Waals surface area contributed by atoms with Gasteiger partial charge in [-0.05, 0) is 14.0 Å². The number of carbonyl (C=O) groups excluding carboxylic acids is 2. The van der Waals surface area contributed by atoms with Gasteiger partial charge in [-0.2, -0.15) is 0 Å². The summed E-state index contributed by atoms with van der Waals surface area (Å²) in [5.41, 5.74) is 0. The number of nitrogens with zero attached hydrogens (tertiary/aromatic N) is 1. The van der Waals surface area contributed by atoms with Gasteiger partial charge in [0.2, 0.25) is 0 Å². The van der Waals surface area contributed by atoms with Crippen molar-refractivity contribution in [3.63, 3.8) is 0 Å². The molecule has 5 nitrogen and oxygen atoms in total. The molecule has 4 atom stereocenters. The topological polar surface area (TPSA) is 58.4 Å². The van der Waals surface area contributed by atoms with E-state index in [2.05, 4.69) is 5.32 Å². The first kappa shape index (κ1) is 11.0. The molecule has 1 fully saturated rings. The fraction of sp³-hybridized carbons (Fsp3) is 0.778. The zero-order chi connectivity index (χ0) is 10.9. The smallest absolute Gasteiger partial charge is 0.303 e. The molecule has 0 radical (unpaired) electrons. The lowest BCUT2D eigenvalue weighted by Gasteiger charge is -2.14. The third kappa shape index (κ3) is 2.04. The van der Waals surface area contributed by atoms with Crippen molar-refractivity contribution < 1.29 is 14.3 Å². The number of carbonyl (C=O) groups is 2. The van der Waals surface area contributed by atoms with Gasteiger partial charge in [0, 0.05) is 20.0 Å². The van der Waals surface area contributed by atoms with Gasteiger partial charge in [0.25, 0.3) is 5.91 Å². The maximum absolute atomic E-state index is 11.4. The Hall–Kier alpha value is -1.10. The Balaban J connectivity index is 2.63. The van der Waals surface area contributed by atoms with Crippen molar-refractivity contribution in [2.45, 2.75) is 32.0 Å². The first-order valence-electron chi connectivity index (χ1n) is 4.59. The van der Waals surface area contributed by atoms with E-state index in [4.69, 9.17) is 4.74 Å². The van der Waals surface area contributed by atoms with Crippen LogP contribution in [0.25, 0.3) is 0 Å². The van der Waals surface area contributed by atoms with Gasteiger partial charge in [-0.15, -0.1) is 0 Å². The molecular formula is C9H16N2O3. The van der Waals surface area contributed by atoms with Crippen molar-refractivity contribution in [2.24, 2.45) is 0 Å². The van der Waals surface area contributed by atoms with Crippen molar-refractivity contribution >= 4 is 11.9 Å². The average Bonchev–Trinajstić information content (AvgIpc) is 2.69. The molecule has 0 aromatic rings. The second-order valence-corrected chi connectivity index (χ2v) is 3.54. The Bertz CT molecular complexity index is 246. The Labute approximate surface area is 83.4 Å². The minimum Gasteiger partial charge on any atom is -0.451 e. The van der Waals surface area contributed by atoms with Crippen LogP contribution in [0.1, 0.15) is 13.8 Å². The van der Waals surface area contributed by atoms with Gasteiger partial charge in [0.05, 0.1) is 6.04 Å². The minimum atomic E-state index is -0.683. The van der Waals surface area contributed by atoms with Gasteiger partial charge in [-0.25, -0.2) is 0 Å². The first-order chi connectivity index (χ1) is 6.49. The van der Waals surface area contributed by atoms with Crippen molar-refractivity contribution in [1.82, 2.24) is 10.2 Å². The lowest BCUT2D eigenvalue weighted by atomic mass is 10.2. The van der Waals surface area contributed by atoms with Gasteiger partial charge in [0.1, 0.15) is 0 Å². The first-order valence-corrected chi connectivity index (χ1v) is 4.59. The molecule has 0 aromatic carbocycles. The van der Waals surface area contributed by atoms with E-state index in [-0.39, 0.29) is 18.0 Å². The highest BCUT2D eigenvalue weighted by Crippen LogP contribution is 2.29. The van der Waals surface area contributed by atoms with Crippen molar-refractivity contribution in [3.8, 4) is 0 Å². The van der Waals surface area contributed by atoms with Gasteiger partial charge in [-0.1, -0.05) is 0 Å². The molecule has 1 N–H and O–H groups in total. The molecule has 80 valence electrons. The zero-order valence-electron chi connectivity index (χ0n) is 8.90. The maximum Gasteiger partial charge on any atom is 0.303 e. The van der Waals surface area contributed by atoms with Gasteiger partial charge >= 0.3 is 5.97 Å². The van der Waals surface area contributed by atoms with Crippen LogP contribution < -0.4 is 5.32 Å². The molecular weight excluding hydrogens is 184 g/mol. The third-order valence-corrected chi connectivity index (χ3v) is 2.63. The highest BCUT2D eigenvalue weighted by atomic mass is 16.5. The molecule has 1 amide bonds. The fourth-order valence-corrected chi connectivity index (χ4v) is 1.59. The summed E-state index contributed by atoms with van der Waals surface area (Å²) >= 11 is 0. The SMILES string of the molecule is CNC(=O)[C@@H](OC(C)=O)[C@@H]1[C@@H](C)N1C. The van der Waals surface area contributed by atoms with Gasteiger partial charge in [-0.3, -0.25) is 14.5 Å². The monoisotopic (exact) mass is 200 g/mol. The zero-order valence-corrected chi connectivity index (χ0v) is 8.90. The largest absolute Gasteiger partial charge is 0.451 e. The summed E-state index contributed by atoms with van der Waals surface area (Å²) in [6.07, 6.45) is -0.683. The summed E-state index contributed by atoms with van der Waals surface area (Å²) in [6.45, 7) is 3.30. The average molecular weight is 200 g/mol. The number of hydrogen-bond donors (Lipinski definition) is 1. The van der Waals surface area contributed by atoms with Crippen LogP contribution in [0.5, 0.6) is 0 Å². The van der Waals surface area contributed by atoms with Crippen LogP contribution in [0.4, 0.5) is 0 Å². The molecule has 0 bridgehead atoms. The van der Waals surface area contributed by atoms with Crippen LogP contribution in [0.2, 0.25) is 0 Å². The molecule has 1 unspecified atom stereocenters. The molecule has 1 heterocycles. The van der Waals surface area contributed by atoms with E-state index in [1.54, 1.807) is 0 Å². The Kier molecular flexibility index (Phi) is 3.10. The molecule has 14 heavy (non-hydrogen) atoms. The van der Waals surface area contributed by atoms with Crippen molar-refractivity contribution in [1.29, 1.82) is 0 Å².